The van der Waals surface area contributed by atoms with E-state index in [4.69, 9.17) is 9.47 Å². The van der Waals surface area contributed by atoms with Gasteiger partial charge in [-0.3, -0.25) is 9.59 Å². The van der Waals surface area contributed by atoms with Gasteiger partial charge in [0.1, 0.15) is 6.61 Å². The van der Waals surface area contributed by atoms with Crippen LogP contribution >= 0.6 is 0 Å². The maximum absolute atomic E-state index is 12.2. The quantitative estimate of drug-likeness (QED) is 0.0411. The number of allylic oxidation sites excluding steroid dienone is 6. The highest BCUT2D eigenvalue weighted by atomic mass is 16.6. The fourth-order valence-corrected chi connectivity index (χ4v) is 5.62. The van der Waals surface area contributed by atoms with Crippen LogP contribution in [0.4, 0.5) is 0 Å². The van der Waals surface area contributed by atoms with Crippen molar-refractivity contribution >= 4 is 11.9 Å². The highest BCUT2D eigenvalue weighted by Gasteiger charge is 2.16. The largest absolute Gasteiger partial charge is 0.462 e. The average molecular weight is 661 g/mol. The van der Waals surface area contributed by atoms with Gasteiger partial charge in [-0.05, 0) is 51.4 Å². The molecule has 0 spiro atoms. The molecule has 0 aliphatic rings. The van der Waals surface area contributed by atoms with Crippen LogP contribution in [0.15, 0.2) is 36.5 Å². The molecule has 0 rings (SSSR count). The minimum Gasteiger partial charge on any atom is -0.462 e. The molecule has 5 heteroatoms. The molecule has 5 nitrogen and oxygen atoms in total. The van der Waals surface area contributed by atoms with Gasteiger partial charge in [-0.15, -0.1) is 0 Å². The lowest BCUT2D eigenvalue weighted by molar-refractivity contribution is -0.161. The lowest BCUT2D eigenvalue weighted by Crippen LogP contribution is -2.28. The Balaban J connectivity index is 3.58. The van der Waals surface area contributed by atoms with E-state index in [1.807, 2.05) is 0 Å². The number of hydrogen-bond donors (Lipinski definition) is 1. The van der Waals surface area contributed by atoms with E-state index >= 15 is 0 Å². The van der Waals surface area contributed by atoms with Crippen LogP contribution in [0.3, 0.4) is 0 Å². The molecule has 0 aromatic heterocycles. The molecule has 0 aliphatic carbocycles. The Kier molecular flexibility index (Phi) is 37.0. The van der Waals surface area contributed by atoms with Crippen molar-refractivity contribution in [3.63, 3.8) is 0 Å². The second-order valence-corrected chi connectivity index (χ2v) is 13.4. The van der Waals surface area contributed by atoms with Crippen molar-refractivity contribution in [2.24, 2.45) is 0 Å². The van der Waals surface area contributed by atoms with E-state index < -0.39 is 6.10 Å². The monoisotopic (exact) mass is 661 g/mol. The fourth-order valence-electron chi connectivity index (χ4n) is 5.62. The summed E-state index contributed by atoms with van der Waals surface area (Å²) in [6.07, 6.45) is 46.3. The van der Waals surface area contributed by atoms with Crippen LogP contribution in [0.1, 0.15) is 200 Å². The molecule has 0 unspecified atom stereocenters. The summed E-state index contributed by atoms with van der Waals surface area (Å²) in [5.74, 6) is -0.611. The number of carbonyl (C=O) groups is 2. The maximum Gasteiger partial charge on any atom is 0.306 e. The summed E-state index contributed by atoms with van der Waals surface area (Å²) in [5, 5.41) is 9.55. The topological polar surface area (TPSA) is 72.8 Å². The first-order chi connectivity index (χ1) is 23.1. The number of esters is 2. The van der Waals surface area contributed by atoms with Gasteiger partial charge in [0.15, 0.2) is 6.10 Å². The first-order valence-corrected chi connectivity index (χ1v) is 20.0. The average Bonchev–Trinajstić information content (AvgIpc) is 3.07. The molecule has 0 bridgehead atoms. The van der Waals surface area contributed by atoms with E-state index in [2.05, 4.69) is 50.3 Å². The SMILES string of the molecule is CCCCC/C=C\C/C=C\C/C=C\CCCCCCC(=O)O[C@@H](CO)COC(=O)CCCCCCCCCCCCCCCCCC. The summed E-state index contributed by atoms with van der Waals surface area (Å²) in [6, 6.07) is 0. The third kappa shape index (κ3) is 36.8. The molecule has 0 heterocycles. The van der Waals surface area contributed by atoms with Crippen molar-refractivity contribution in [1.82, 2.24) is 0 Å². The second kappa shape index (κ2) is 38.6. The molecule has 0 saturated heterocycles. The molecule has 274 valence electrons. The number of carbonyl (C=O) groups excluding carboxylic acids is 2. The molecular formula is C42H76O5. The first-order valence-electron chi connectivity index (χ1n) is 20.0. The van der Waals surface area contributed by atoms with Gasteiger partial charge < -0.3 is 14.6 Å². The minimum absolute atomic E-state index is 0.0722. The van der Waals surface area contributed by atoms with Crippen LogP contribution in [0.5, 0.6) is 0 Å². The van der Waals surface area contributed by atoms with Gasteiger partial charge >= 0.3 is 11.9 Å². The lowest BCUT2D eigenvalue weighted by atomic mass is 10.0. The van der Waals surface area contributed by atoms with Crippen molar-refractivity contribution in [2.75, 3.05) is 13.2 Å². The number of hydrogen-bond acceptors (Lipinski definition) is 5. The number of ether oxygens (including phenoxy) is 2. The van der Waals surface area contributed by atoms with Crippen LogP contribution in [-0.2, 0) is 19.1 Å². The van der Waals surface area contributed by atoms with Gasteiger partial charge in [0.05, 0.1) is 6.61 Å². The van der Waals surface area contributed by atoms with E-state index in [0.717, 1.165) is 64.2 Å². The molecule has 1 N–H and O–H groups in total. The van der Waals surface area contributed by atoms with Crippen molar-refractivity contribution in [3.05, 3.63) is 36.5 Å². The van der Waals surface area contributed by atoms with E-state index in [1.165, 1.54) is 109 Å². The van der Waals surface area contributed by atoms with E-state index in [1.54, 1.807) is 0 Å². The predicted octanol–water partition coefficient (Wildman–Crippen LogP) is 12.5. The Hall–Kier alpha value is -1.88. The number of rotatable bonds is 36. The molecule has 0 amide bonds. The summed E-state index contributed by atoms with van der Waals surface area (Å²) in [6.45, 7) is 4.10. The van der Waals surface area contributed by atoms with Gasteiger partial charge in [-0.25, -0.2) is 0 Å². The predicted molar refractivity (Wildman–Crippen MR) is 201 cm³/mol. The Bertz CT molecular complexity index is 756. The van der Waals surface area contributed by atoms with Gasteiger partial charge in [0, 0.05) is 12.8 Å². The highest BCUT2D eigenvalue weighted by molar-refractivity contribution is 5.70. The highest BCUT2D eigenvalue weighted by Crippen LogP contribution is 2.14. The normalized spacial score (nSPS) is 12.5. The van der Waals surface area contributed by atoms with Crippen LogP contribution in [0, 0.1) is 0 Å². The van der Waals surface area contributed by atoms with Crippen LogP contribution in [0.2, 0.25) is 0 Å². The van der Waals surface area contributed by atoms with Gasteiger partial charge in [0.2, 0.25) is 0 Å². The van der Waals surface area contributed by atoms with E-state index in [9.17, 15) is 14.7 Å². The Morgan fingerprint density at radius 2 is 0.851 bits per heavy atom. The van der Waals surface area contributed by atoms with Crippen molar-refractivity contribution in [2.45, 2.75) is 206 Å². The summed E-state index contributed by atoms with van der Waals surface area (Å²) < 4.78 is 10.6. The van der Waals surface area contributed by atoms with Crippen LogP contribution in [0.25, 0.3) is 0 Å². The van der Waals surface area contributed by atoms with Crippen molar-refractivity contribution in [1.29, 1.82) is 0 Å². The van der Waals surface area contributed by atoms with E-state index in [-0.39, 0.29) is 25.2 Å². The molecule has 0 aromatic carbocycles. The Morgan fingerprint density at radius 3 is 1.32 bits per heavy atom. The maximum atomic E-state index is 12.2. The smallest absolute Gasteiger partial charge is 0.306 e. The third-order valence-electron chi connectivity index (χ3n) is 8.69. The third-order valence-corrected chi connectivity index (χ3v) is 8.69. The fraction of sp³-hybridized carbons (Fsp3) is 0.810. The number of aliphatic hydroxyl groups is 1. The molecule has 1 atom stereocenters. The number of aliphatic hydroxyl groups excluding tert-OH is 1. The zero-order valence-electron chi connectivity index (χ0n) is 31.0. The van der Waals surface area contributed by atoms with Gasteiger partial charge in [0.25, 0.3) is 0 Å². The number of unbranched alkanes of at least 4 members (excludes halogenated alkanes) is 22. The van der Waals surface area contributed by atoms with Crippen molar-refractivity contribution < 1.29 is 24.2 Å². The summed E-state index contributed by atoms with van der Waals surface area (Å²) in [7, 11) is 0. The molecule has 0 radical (unpaired) electrons. The second-order valence-electron chi connectivity index (χ2n) is 13.4. The van der Waals surface area contributed by atoms with Crippen molar-refractivity contribution in [3.8, 4) is 0 Å². The molecule has 0 saturated carbocycles. The first kappa shape index (κ1) is 45.1. The zero-order chi connectivity index (χ0) is 34.3. The summed E-state index contributed by atoms with van der Waals surface area (Å²) in [4.78, 5) is 24.2. The Morgan fingerprint density at radius 1 is 0.489 bits per heavy atom. The van der Waals surface area contributed by atoms with Gasteiger partial charge in [-0.2, -0.15) is 0 Å². The molecule has 0 fully saturated rings. The zero-order valence-corrected chi connectivity index (χ0v) is 31.0. The molecule has 0 aliphatic heterocycles. The summed E-state index contributed by atoms with van der Waals surface area (Å²) >= 11 is 0. The lowest BCUT2D eigenvalue weighted by Gasteiger charge is -2.15. The summed E-state index contributed by atoms with van der Waals surface area (Å²) in [5.41, 5.74) is 0. The van der Waals surface area contributed by atoms with E-state index in [0.29, 0.717) is 12.8 Å². The van der Waals surface area contributed by atoms with Crippen LogP contribution in [-0.4, -0.2) is 36.4 Å². The molecular weight excluding hydrogens is 584 g/mol. The molecule has 0 aromatic rings. The van der Waals surface area contributed by atoms with Gasteiger partial charge in [-0.1, -0.05) is 172 Å². The Labute approximate surface area is 291 Å². The van der Waals surface area contributed by atoms with Crippen LogP contribution < -0.4 is 0 Å². The minimum atomic E-state index is -0.779. The standard InChI is InChI=1S/C42H76O5/c1-3-5-7-9-11-13-15-17-19-21-23-25-27-29-31-33-35-37-42(45)47-40(38-43)39-46-41(44)36-34-32-30-28-26-24-22-20-18-16-14-12-10-8-6-4-2/h11,13,17,19,23,25,40,43H,3-10,12,14-16,18,20-22,24,26-39H2,1-2H3/b13-11-,19-17-,25-23-/t40-/m0/s1. The molecule has 47 heavy (non-hydrogen) atoms.